The maximum Gasteiger partial charge on any atom is 0.251 e. The average molecular weight is 324 g/mol. The molecule has 110 valence electrons. The summed E-state index contributed by atoms with van der Waals surface area (Å²) in [4.78, 5) is 11.9. The van der Waals surface area contributed by atoms with Crippen LogP contribution in [0.15, 0.2) is 24.3 Å². The molecule has 1 aliphatic rings. The molecule has 0 fully saturated rings. The minimum Gasteiger partial charge on any atom is -0.375 e. The number of aromatic nitrogens is 2. The fourth-order valence-electron chi connectivity index (χ4n) is 2.24. The first-order valence-electron chi connectivity index (χ1n) is 6.42. The van der Waals surface area contributed by atoms with Crippen molar-refractivity contribution in [1.82, 2.24) is 9.78 Å². The van der Waals surface area contributed by atoms with Crippen LogP contribution in [0.4, 0.5) is 5.82 Å². The molecule has 1 aromatic heterocycles. The number of halogens is 1. The third-order valence-corrected chi connectivity index (χ3v) is 4.34. The molecule has 7 heteroatoms. The number of nitrogens with one attached hydrogen (secondary N) is 1. The maximum atomic E-state index is 11.9. The third kappa shape index (κ3) is 2.92. The first kappa shape index (κ1) is 14.4. The van der Waals surface area contributed by atoms with Crippen LogP contribution in [-0.2, 0) is 21.0 Å². The Balaban J connectivity index is 2.02. The maximum absolute atomic E-state index is 11.9. The monoisotopic (exact) mass is 323 g/mol. The normalized spacial score (nSPS) is 13.2. The summed E-state index contributed by atoms with van der Waals surface area (Å²) < 4.78 is 6.61. The zero-order valence-corrected chi connectivity index (χ0v) is 13.0. The smallest absolute Gasteiger partial charge is 0.251 e. The first-order chi connectivity index (χ1) is 10.2. The van der Waals surface area contributed by atoms with Crippen LogP contribution in [0, 0.1) is 0 Å². The molecule has 2 aromatic rings. The van der Waals surface area contributed by atoms with Crippen molar-refractivity contribution in [3.05, 3.63) is 40.5 Å². The summed E-state index contributed by atoms with van der Waals surface area (Å²) in [6, 6.07) is 7.40. The Labute approximate surface area is 131 Å². The van der Waals surface area contributed by atoms with E-state index in [1.807, 2.05) is 18.2 Å². The van der Waals surface area contributed by atoms with Crippen molar-refractivity contribution in [1.29, 1.82) is 0 Å². The van der Waals surface area contributed by atoms with Crippen molar-refractivity contribution in [2.24, 2.45) is 0 Å². The fraction of sp³-hybridized carbons (Fsp3) is 0.286. The van der Waals surface area contributed by atoms with Gasteiger partial charge in [-0.3, -0.25) is 4.79 Å². The lowest BCUT2D eigenvalue weighted by Gasteiger charge is -2.11. The molecule has 5 nitrogen and oxygen atoms in total. The molecule has 0 atom stereocenters. The second-order valence-electron chi connectivity index (χ2n) is 4.64. The summed E-state index contributed by atoms with van der Waals surface area (Å²) in [5, 5.41) is 8.12. The Morgan fingerprint density at radius 3 is 3.14 bits per heavy atom. The number of hydrogen-bond donors (Lipinski definition) is 1. The second kappa shape index (κ2) is 6.09. The quantitative estimate of drug-likeness (QED) is 0.940. The van der Waals surface area contributed by atoms with E-state index in [1.165, 1.54) is 7.11 Å². The van der Waals surface area contributed by atoms with Gasteiger partial charge in [-0.05, 0) is 18.2 Å². The van der Waals surface area contributed by atoms with E-state index in [4.69, 9.17) is 16.3 Å². The van der Waals surface area contributed by atoms with E-state index in [0.29, 0.717) is 10.8 Å². The number of carbonyl (C=O) groups is 1. The molecule has 0 saturated heterocycles. The van der Waals surface area contributed by atoms with Gasteiger partial charge in [-0.1, -0.05) is 17.7 Å². The second-order valence-corrected chi connectivity index (χ2v) is 6.06. The summed E-state index contributed by atoms with van der Waals surface area (Å²) in [7, 11) is 1.49. The summed E-state index contributed by atoms with van der Waals surface area (Å²) in [5.74, 6) is 2.22. The number of ether oxygens (including phenoxy) is 1. The van der Waals surface area contributed by atoms with Crippen molar-refractivity contribution < 1.29 is 9.53 Å². The van der Waals surface area contributed by atoms with E-state index in [0.717, 1.165) is 28.5 Å². The SMILES string of the molecule is COCC(=O)Nc1c2c(nn1-c1cccc(Cl)c1)CSC2. The van der Waals surface area contributed by atoms with Crippen LogP contribution >= 0.6 is 23.4 Å². The highest BCUT2D eigenvalue weighted by atomic mass is 35.5. The van der Waals surface area contributed by atoms with E-state index in [-0.39, 0.29) is 12.5 Å². The highest BCUT2D eigenvalue weighted by Crippen LogP contribution is 2.36. The van der Waals surface area contributed by atoms with E-state index >= 15 is 0 Å². The molecule has 1 aromatic carbocycles. The van der Waals surface area contributed by atoms with Gasteiger partial charge in [0.15, 0.2) is 0 Å². The Hall–Kier alpha value is -1.50. The Bertz CT molecular complexity index is 687. The Morgan fingerprint density at radius 1 is 1.52 bits per heavy atom. The number of fused-ring (bicyclic) bond motifs is 1. The lowest BCUT2D eigenvalue weighted by Crippen LogP contribution is -2.20. The number of carbonyl (C=O) groups excluding carboxylic acids is 1. The highest BCUT2D eigenvalue weighted by Gasteiger charge is 2.24. The van der Waals surface area contributed by atoms with Gasteiger partial charge >= 0.3 is 0 Å². The van der Waals surface area contributed by atoms with Crippen molar-refractivity contribution in [2.75, 3.05) is 19.0 Å². The van der Waals surface area contributed by atoms with Crippen LogP contribution < -0.4 is 5.32 Å². The molecule has 1 aliphatic heterocycles. The summed E-state index contributed by atoms with van der Waals surface area (Å²) in [6.07, 6.45) is 0. The van der Waals surface area contributed by atoms with Gasteiger partial charge in [0.25, 0.3) is 5.91 Å². The molecule has 2 heterocycles. The largest absolute Gasteiger partial charge is 0.375 e. The van der Waals surface area contributed by atoms with Gasteiger partial charge in [0.2, 0.25) is 0 Å². The third-order valence-electron chi connectivity index (χ3n) is 3.14. The van der Waals surface area contributed by atoms with Crippen LogP contribution in [0.2, 0.25) is 5.02 Å². The van der Waals surface area contributed by atoms with Crippen molar-refractivity contribution >= 4 is 35.1 Å². The van der Waals surface area contributed by atoms with Crippen molar-refractivity contribution in [2.45, 2.75) is 11.5 Å². The summed E-state index contributed by atoms with van der Waals surface area (Å²) >= 11 is 7.83. The van der Waals surface area contributed by atoms with Gasteiger partial charge in [0.05, 0.1) is 11.4 Å². The van der Waals surface area contributed by atoms with Crippen molar-refractivity contribution in [3.8, 4) is 5.69 Å². The zero-order chi connectivity index (χ0) is 14.8. The Morgan fingerprint density at radius 2 is 2.38 bits per heavy atom. The molecule has 0 unspecified atom stereocenters. The lowest BCUT2D eigenvalue weighted by atomic mass is 10.2. The lowest BCUT2D eigenvalue weighted by molar-refractivity contribution is -0.119. The standard InChI is InChI=1S/C14H14ClN3O2S/c1-20-6-13(19)16-14-11-7-21-8-12(11)17-18(14)10-4-2-3-9(15)5-10/h2-5H,6-8H2,1H3,(H,16,19). The van der Waals surface area contributed by atoms with E-state index < -0.39 is 0 Å². The molecule has 21 heavy (non-hydrogen) atoms. The van der Waals surface area contributed by atoms with Gasteiger partial charge in [-0.15, -0.1) is 0 Å². The fourth-order valence-corrected chi connectivity index (χ4v) is 3.45. The van der Waals surface area contributed by atoms with Gasteiger partial charge < -0.3 is 10.1 Å². The van der Waals surface area contributed by atoms with Gasteiger partial charge in [-0.2, -0.15) is 16.9 Å². The molecule has 1 N–H and O–H groups in total. The minimum absolute atomic E-state index is 0.0165. The van der Waals surface area contributed by atoms with Crippen LogP contribution in [0.1, 0.15) is 11.3 Å². The van der Waals surface area contributed by atoms with Gasteiger partial charge in [-0.25, -0.2) is 4.68 Å². The number of thioether (sulfide) groups is 1. The van der Waals surface area contributed by atoms with Crippen LogP contribution in [0.5, 0.6) is 0 Å². The summed E-state index contributed by atoms with van der Waals surface area (Å²) in [6.45, 7) is 0.0165. The molecule has 0 aliphatic carbocycles. The molecule has 1 amide bonds. The first-order valence-corrected chi connectivity index (χ1v) is 7.95. The molecule has 0 saturated carbocycles. The number of benzene rings is 1. The van der Waals surface area contributed by atoms with Crippen LogP contribution in [-0.4, -0.2) is 29.4 Å². The summed E-state index contributed by atoms with van der Waals surface area (Å²) in [5.41, 5.74) is 2.91. The number of rotatable bonds is 4. The number of methoxy groups -OCH3 is 1. The molecular formula is C14H14ClN3O2S. The highest BCUT2D eigenvalue weighted by molar-refractivity contribution is 7.98. The molecular weight excluding hydrogens is 310 g/mol. The molecule has 0 radical (unpaired) electrons. The van der Waals surface area contributed by atoms with E-state index in [9.17, 15) is 4.79 Å². The predicted molar refractivity (Wildman–Crippen MR) is 84.1 cm³/mol. The Kier molecular flexibility index (Phi) is 4.19. The van der Waals surface area contributed by atoms with Crippen LogP contribution in [0.3, 0.4) is 0 Å². The topological polar surface area (TPSA) is 56.1 Å². The average Bonchev–Trinajstić information content (AvgIpc) is 3.02. The van der Waals surface area contributed by atoms with Gasteiger partial charge in [0, 0.05) is 29.2 Å². The predicted octanol–water partition coefficient (Wildman–Crippen LogP) is 2.86. The number of nitrogens with zero attached hydrogens (tertiary/aromatic N) is 2. The number of anilines is 1. The van der Waals surface area contributed by atoms with Crippen molar-refractivity contribution in [3.63, 3.8) is 0 Å². The minimum atomic E-state index is -0.194. The zero-order valence-electron chi connectivity index (χ0n) is 11.4. The molecule has 3 rings (SSSR count). The number of hydrogen-bond acceptors (Lipinski definition) is 4. The van der Waals surface area contributed by atoms with E-state index in [1.54, 1.807) is 22.5 Å². The van der Waals surface area contributed by atoms with Crippen LogP contribution in [0.25, 0.3) is 5.69 Å². The van der Waals surface area contributed by atoms with E-state index in [2.05, 4.69) is 10.4 Å². The molecule has 0 spiro atoms. The van der Waals surface area contributed by atoms with Gasteiger partial charge in [0.1, 0.15) is 12.4 Å². The number of amides is 1. The molecule has 0 bridgehead atoms.